The van der Waals surface area contributed by atoms with Gasteiger partial charge in [0.1, 0.15) is 28.8 Å². The van der Waals surface area contributed by atoms with Crippen LogP contribution in [0.5, 0.6) is 0 Å². The quantitative estimate of drug-likeness (QED) is 0.0445. The van der Waals surface area contributed by atoms with Crippen LogP contribution in [0, 0.1) is 13.8 Å². The van der Waals surface area contributed by atoms with Gasteiger partial charge in [-0.15, -0.1) is 0 Å². The Labute approximate surface area is 414 Å². The van der Waals surface area contributed by atoms with Gasteiger partial charge in [0, 0.05) is 52.3 Å². The monoisotopic (exact) mass is 982 g/mol. The van der Waals surface area contributed by atoms with Gasteiger partial charge in [0.25, 0.3) is 23.6 Å². The van der Waals surface area contributed by atoms with Crippen LogP contribution < -0.4 is 39.1 Å². The molecule has 11 N–H and O–H groups in total. The molecule has 6 heterocycles. The van der Waals surface area contributed by atoms with Crippen molar-refractivity contribution in [2.75, 3.05) is 35.4 Å². The molecule has 4 aromatic heterocycles. The smallest absolute Gasteiger partial charge is 0.269 e. The van der Waals surface area contributed by atoms with Crippen LogP contribution in [0.4, 0.5) is 11.6 Å². The van der Waals surface area contributed by atoms with Crippen molar-refractivity contribution in [2.24, 2.45) is 11.5 Å². The van der Waals surface area contributed by atoms with Crippen LogP contribution in [0.1, 0.15) is 116 Å². The molecule has 2 aromatic carbocycles. The van der Waals surface area contributed by atoms with E-state index in [0.717, 1.165) is 41.6 Å². The minimum atomic E-state index is -0.746. The number of hydrogen-bond donors (Lipinski definition) is 7. The third-order valence-corrected chi connectivity index (χ3v) is 11.7. The van der Waals surface area contributed by atoms with E-state index in [-0.39, 0.29) is 40.8 Å². The van der Waals surface area contributed by atoms with Crippen LogP contribution in [0.3, 0.4) is 0 Å². The molecule has 2 aliphatic heterocycles. The van der Waals surface area contributed by atoms with E-state index in [9.17, 15) is 28.8 Å². The number of benzene rings is 2. The second kappa shape index (κ2) is 22.7. The molecule has 8 rings (SSSR count). The number of imidazole rings is 2. The average Bonchev–Trinajstić information content (AvgIpc) is 4.16. The Morgan fingerprint density at radius 3 is 1.52 bits per heavy atom. The number of nitrogens with one attached hydrogen (secondary N) is 3. The third kappa shape index (κ3) is 12.4. The lowest BCUT2D eigenvalue weighted by Gasteiger charge is -2.24. The van der Waals surface area contributed by atoms with Crippen molar-refractivity contribution in [1.82, 2.24) is 39.5 Å². The Kier molecular flexibility index (Phi) is 16.6. The second-order valence-electron chi connectivity index (χ2n) is 16.9. The van der Waals surface area contributed by atoms with Gasteiger partial charge in [-0.05, 0) is 131 Å². The molecule has 0 radical (unpaired) electrons. The van der Waals surface area contributed by atoms with E-state index in [2.05, 4.69) is 49.0 Å². The number of primary amides is 2. The number of nitrogen functional groups attached to an aromatic ring is 2. The summed E-state index contributed by atoms with van der Waals surface area (Å²) in [6.07, 6.45) is 6.58. The molecular weight excluding hydrogens is 928 g/mol. The summed E-state index contributed by atoms with van der Waals surface area (Å²) < 4.78 is 2.43. The summed E-state index contributed by atoms with van der Waals surface area (Å²) in [5, 5.41) is 8.38. The molecule has 0 bridgehead atoms. The maximum absolute atomic E-state index is 12.6. The Bertz CT molecular complexity index is 3020. The molecule has 2 saturated heterocycles. The number of allylic oxidation sites excluding steroid dienone is 1. The van der Waals surface area contributed by atoms with Gasteiger partial charge in [0.05, 0.1) is 12.1 Å². The first-order valence-electron chi connectivity index (χ1n) is 22.3. The molecule has 20 nitrogen and oxygen atoms in total. The molecule has 368 valence electrons. The first-order valence-corrected chi connectivity index (χ1v) is 22.7. The lowest BCUT2D eigenvalue weighted by molar-refractivity contribution is -0.128. The predicted octanol–water partition coefficient (Wildman–Crippen LogP) is 5.63. The van der Waals surface area contributed by atoms with Crippen molar-refractivity contribution in [1.29, 1.82) is 0 Å². The fraction of sp³-hybridized carbons (Fsp3) is 0.240. The van der Waals surface area contributed by atoms with Crippen LogP contribution >= 0.6 is 11.6 Å². The number of amides is 5. The normalized spacial score (nSPS) is 14.8. The van der Waals surface area contributed by atoms with E-state index >= 15 is 0 Å². The first-order chi connectivity index (χ1) is 33.7. The SMILES string of the molecule is C=C(C)C(=O)Cl.C=C(C)C(=O)N1CCC[C@H]1c1nc(-c2ccc(C(=O)Nc3cc(C)ccn3)cc2)c(C(N)=O)n1N.Cc1ccnc(NC(=O)c2ccc(-c3nc([C@@H]4CCCN4)n(N)c3C(N)=O)cc2)c1. The zero-order valence-corrected chi connectivity index (χ0v) is 40.4. The highest BCUT2D eigenvalue weighted by atomic mass is 35.5. The van der Waals surface area contributed by atoms with Crippen molar-refractivity contribution < 1.29 is 28.8 Å². The molecular formula is C50H55ClN14O6. The van der Waals surface area contributed by atoms with Crippen LogP contribution in [0.15, 0.2) is 109 Å². The number of pyridine rings is 2. The lowest BCUT2D eigenvalue weighted by Crippen LogP contribution is -2.34. The summed E-state index contributed by atoms with van der Waals surface area (Å²) in [7, 11) is 0. The number of nitrogens with zero attached hydrogens (tertiary/aromatic N) is 7. The molecule has 2 aliphatic rings. The molecule has 6 aromatic rings. The van der Waals surface area contributed by atoms with Crippen molar-refractivity contribution >= 4 is 58.0 Å². The summed E-state index contributed by atoms with van der Waals surface area (Å²) in [6.45, 7) is 15.5. The molecule has 2 fully saturated rings. The van der Waals surface area contributed by atoms with Crippen molar-refractivity contribution in [3.63, 3.8) is 0 Å². The molecule has 0 aliphatic carbocycles. The minimum Gasteiger partial charge on any atom is -0.364 e. The standard InChI is InChI=1S/C25H27N7O3.C21H23N7O2.C4H5ClO/c1-14(2)25(35)31-12-4-5-18(31)23-30-20(21(22(26)33)32(23)27)16-6-8-17(9-7-16)24(34)29-19-13-15(3)10-11-28-19;1-12-8-10-25-16(11-12)26-21(30)14-6-4-13(5-7-14)17-18(19(22)29)28(23)20(27-17)15-3-2-9-24-15;1-3(2)4(5)6/h6-11,13,18H,1,4-5,12,27H2,2-3H3,(H2,26,33)(H,28,29,34);4-8,10-11,15,24H,2-3,9,23H2,1H3,(H2,22,29)(H,25,26,30);1H2,2H3/t18-;15-;/m00./s1. The van der Waals surface area contributed by atoms with Crippen LogP contribution in [-0.2, 0) is 9.59 Å². The summed E-state index contributed by atoms with van der Waals surface area (Å²) in [4.78, 5) is 91.0. The minimum absolute atomic E-state index is 0.0197. The van der Waals surface area contributed by atoms with Crippen LogP contribution in [-0.4, -0.2) is 82.1 Å². The average molecular weight is 984 g/mol. The fourth-order valence-corrected chi connectivity index (χ4v) is 7.83. The number of carbonyl (C=O) groups is 6. The Morgan fingerprint density at radius 2 is 1.13 bits per heavy atom. The number of anilines is 2. The lowest BCUT2D eigenvalue weighted by atomic mass is 10.1. The maximum Gasteiger partial charge on any atom is 0.269 e. The maximum atomic E-state index is 12.6. The molecule has 0 unspecified atom stereocenters. The van der Waals surface area contributed by atoms with Crippen LogP contribution in [0.25, 0.3) is 22.5 Å². The summed E-state index contributed by atoms with van der Waals surface area (Å²) in [5.41, 5.74) is 16.9. The molecule has 5 amide bonds. The van der Waals surface area contributed by atoms with E-state index < -0.39 is 23.1 Å². The highest BCUT2D eigenvalue weighted by Crippen LogP contribution is 2.35. The first kappa shape index (κ1) is 51.9. The Balaban J connectivity index is 0.000000210. The molecule has 71 heavy (non-hydrogen) atoms. The van der Waals surface area contributed by atoms with Gasteiger partial charge in [0.15, 0.2) is 17.2 Å². The van der Waals surface area contributed by atoms with E-state index in [4.69, 9.17) is 34.8 Å². The third-order valence-electron chi connectivity index (χ3n) is 11.4. The van der Waals surface area contributed by atoms with E-state index in [1.165, 1.54) is 4.68 Å². The molecule has 0 spiro atoms. The predicted molar refractivity (Wildman–Crippen MR) is 271 cm³/mol. The largest absolute Gasteiger partial charge is 0.364 e. The van der Waals surface area contributed by atoms with Crippen molar-refractivity contribution in [3.8, 4) is 22.5 Å². The Hall–Kier alpha value is -8.49. The number of aromatic nitrogens is 6. The summed E-state index contributed by atoms with van der Waals surface area (Å²) in [5.74, 6) is 12.1. The highest BCUT2D eigenvalue weighted by Gasteiger charge is 2.36. The van der Waals surface area contributed by atoms with Gasteiger partial charge in [-0.1, -0.05) is 37.4 Å². The van der Waals surface area contributed by atoms with E-state index in [1.54, 1.807) is 91.8 Å². The van der Waals surface area contributed by atoms with E-state index in [0.29, 0.717) is 75.3 Å². The molecule has 0 saturated carbocycles. The van der Waals surface area contributed by atoms with Gasteiger partial charge >= 0.3 is 0 Å². The van der Waals surface area contributed by atoms with Gasteiger partial charge < -0.3 is 44.0 Å². The van der Waals surface area contributed by atoms with Gasteiger partial charge in [-0.3, -0.25) is 28.8 Å². The number of hydrogen-bond acceptors (Lipinski definition) is 13. The zero-order valence-electron chi connectivity index (χ0n) is 39.7. The highest BCUT2D eigenvalue weighted by molar-refractivity contribution is 6.67. The summed E-state index contributed by atoms with van der Waals surface area (Å²) in [6, 6.07) is 20.2. The second-order valence-corrected chi connectivity index (χ2v) is 17.3. The number of nitrogens with two attached hydrogens (primary N) is 4. The molecule has 2 atom stereocenters. The van der Waals surface area contributed by atoms with E-state index in [1.807, 2.05) is 26.0 Å². The Morgan fingerprint density at radius 1 is 0.676 bits per heavy atom. The topological polar surface area (TPSA) is 307 Å². The fourth-order valence-electron chi connectivity index (χ4n) is 7.83. The molecule has 21 heteroatoms. The number of likely N-dealkylation sites (tertiary alicyclic amines) is 1. The van der Waals surface area contributed by atoms with Crippen molar-refractivity contribution in [3.05, 3.63) is 155 Å². The number of aryl methyl sites for hydroxylation is 2. The summed E-state index contributed by atoms with van der Waals surface area (Å²) >= 11 is 4.87. The van der Waals surface area contributed by atoms with Crippen LogP contribution in [0.2, 0.25) is 0 Å². The zero-order chi connectivity index (χ0) is 51.7. The number of carbonyl (C=O) groups excluding carboxylic acids is 6. The van der Waals surface area contributed by atoms with Gasteiger partial charge in [0.2, 0.25) is 11.1 Å². The van der Waals surface area contributed by atoms with Gasteiger partial charge in [-0.25, -0.2) is 29.3 Å². The number of rotatable bonds is 12. The number of halogens is 1. The van der Waals surface area contributed by atoms with Gasteiger partial charge in [-0.2, -0.15) is 0 Å². The van der Waals surface area contributed by atoms with Crippen molar-refractivity contribution in [2.45, 2.75) is 65.5 Å².